The number of nitrogens with zero attached hydrogens (tertiary/aromatic N) is 1. The molecular weight excluding hydrogens is 436 g/mol. The number of barbiturate groups is 1. The van der Waals surface area contributed by atoms with Crippen LogP contribution in [0.2, 0.25) is 5.02 Å². The molecule has 2 heterocycles. The summed E-state index contributed by atoms with van der Waals surface area (Å²) in [4.78, 5) is 49.6. The molecule has 1 aliphatic heterocycles. The number of aromatic carboxylic acids is 1. The van der Waals surface area contributed by atoms with E-state index in [0.29, 0.717) is 17.0 Å². The standard InChI is InChI=1S/C23H15ClN2O6/c1-12-3-2-4-14(9-12)26-21(28)17(20(27)25-23(26)31)11-15-6-8-19(32-15)13-5-7-16(22(29)30)18(24)10-13/h2-11H,1H3,(H,29,30)(H,25,27,31). The lowest BCUT2D eigenvalue weighted by Crippen LogP contribution is -2.54. The SMILES string of the molecule is Cc1cccc(N2C(=O)NC(=O)C(=Cc3ccc(-c4ccc(C(=O)O)c(Cl)c4)o3)C2=O)c1. The van der Waals surface area contributed by atoms with Crippen molar-refractivity contribution in [3.8, 4) is 11.3 Å². The number of hydrogen-bond donors (Lipinski definition) is 2. The van der Waals surface area contributed by atoms with Gasteiger partial charge in [0.1, 0.15) is 17.1 Å². The fourth-order valence-electron chi connectivity index (χ4n) is 3.23. The zero-order chi connectivity index (χ0) is 23.0. The summed E-state index contributed by atoms with van der Waals surface area (Å²) in [5, 5.41) is 11.3. The second-order valence-electron chi connectivity index (χ2n) is 7.00. The van der Waals surface area contributed by atoms with E-state index in [1.165, 1.54) is 30.3 Å². The monoisotopic (exact) mass is 450 g/mol. The highest BCUT2D eigenvalue weighted by atomic mass is 35.5. The van der Waals surface area contributed by atoms with Crippen molar-refractivity contribution in [2.45, 2.75) is 6.92 Å². The van der Waals surface area contributed by atoms with Gasteiger partial charge in [0.15, 0.2) is 0 Å². The van der Waals surface area contributed by atoms with Crippen LogP contribution in [0.25, 0.3) is 17.4 Å². The summed E-state index contributed by atoms with van der Waals surface area (Å²) in [5.74, 6) is -2.23. The summed E-state index contributed by atoms with van der Waals surface area (Å²) in [7, 11) is 0. The number of furan rings is 1. The largest absolute Gasteiger partial charge is 0.478 e. The van der Waals surface area contributed by atoms with Crippen molar-refractivity contribution in [1.82, 2.24) is 5.32 Å². The lowest BCUT2D eigenvalue weighted by molar-refractivity contribution is -0.122. The first-order chi connectivity index (χ1) is 15.2. The van der Waals surface area contributed by atoms with Gasteiger partial charge in [-0.2, -0.15) is 0 Å². The Labute approximate surface area is 186 Å². The van der Waals surface area contributed by atoms with Crippen molar-refractivity contribution < 1.29 is 28.7 Å². The van der Waals surface area contributed by atoms with E-state index in [4.69, 9.17) is 21.1 Å². The van der Waals surface area contributed by atoms with Gasteiger partial charge in [0.25, 0.3) is 11.8 Å². The lowest BCUT2D eigenvalue weighted by Gasteiger charge is -2.26. The van der Waals surface area contributed by atoms with Crippen LogP contribution >= 0.6 is 11.6 Å². The zero-order valence-electron chi connectivity index (χ0n) is 16.6. The number of rotatable bonds is 4. The van der Waals surface area contributed by atoms with Crippen LogP contribution in [0.5, 0.6) is 0 Å². The number of amides is 4. The number of halogens is 1. The van der Waals surface area contributed by atoms with Crippen molar-refractivity contribution >= 4 is 47.2 Å². The van der Waals surface area contributed by atoms with Crippen LogP contribution in [-0.4, -0.2) is 28.9 Å². The van der Waals surface area contributed by atoms with Gasteiger partial charge in [0.05, 0.1) is 16.3 Å². The maximum atomic E-state index is 12.9. The quantitative estimate of drug-likeness (QED) is 0.452. The van der Waals surface area contributed by atoms with Gasteiger partial charge in [-0.15, -0.1) is 0 Å². The molecule has 2 N–H and O–H groups in total. The molecule has 3 aromatic rings. The van der Waals surface area contributed by atoms with Crippen LogP contribution in [0.15, 0.2) is 64.6 Å². The van der Waals surface area contributed by atoms with Gasteiger partial charge in [-0.25, -0.2) is 14.5 Å². The predicted octanol–water partition coefficient (Wildman–Crippen LogP) is 4.27. The van der Waals surface area contributed by atoms with Crippen molar-refractivity contribution in [2.24, 2.45) is 0 Å². The maximum absolute atomic E-state index is 12.9. The lowest BCUT2D eigenvalue weighted by atomic mass is 10.1. The van der Waals surface area contributed by atoms with Gasteiger partial charge in [0, 0.05) is 5.56 Å². The second kappa shape index (κ2) is 8.16. The molecule has 0 aliphatic carbocycles. The summed E-state index contributed by atoms with van der Waals surface area (Å²) in [6, 6.07) is 13.4. The van der Waals surface area contributed by atoms with E-state index in [-0.39, 0.29) is 21.9 Å². The molecule has 2 aromatic carbocycles. The molecule has 1 fully saturated rings. The van der Waals surface area contributed by atoms with Gasteiger partial charge >= 0.3 is 12.0 Å². The Bertz CT molecular complexity index is 1320. The number of carbonyl (C=O) groups excluding carboxylic acids is 3. The van der Waals surface area contributed by atoms with E-state index < -0.39 is 23.8 Å². The van der Waals surface area contributed by atoms with Gasteiger partial charge in [0.2, 0.25) is 0 Å². The number of imide groups is 2. The maximum Gasteiger partial charge on any atom is 0.337 e. The average Bonchev–Trinajstić information content (AvgIpc) is 3.19. The zero-order valence-corrected chi connectivity index (χ0v) is 17.3. The third-order valence-corrected chi connectivity index (χ3v) is 5.07. The first-order valence-corrected chi connectivity index (χ1v) is 9.73. The highest BCUT2D eigenvalue weighted by Crippen LogP contribution is 2.29. The van der Waals surface area contributed by atoms with Crippen molar-refractivity contribution in [1.29, 1.82) is 0 Å². The fourth-order valence-corrected chi connectivity index (χ4v) is 3.49. The third-order valence-electron chi connectivity index (χ3n) is 4.76. The number of carboxylic acids is 1. The molecule has 0 bridgehead atoms. The van der Waals surface area contributed by atoms with E-state index >= 15 is 0 Å². The number of anilines is 1. The van der Waals surface area contributed by atoms with E-state index in [9.17, 15) is 19.2 Å². The fraction of sp³-hybridized carbons (Fsp3) is 0.0435. The van der Waals surface area contributed by atoms with Gasteiger partial charge in [-0.1, -0.05) is 29.8 Å². The van der Waals surface area contributed by atoms with Crippen LogP contribution < -0.4 is 10.2 Å². The molecule has 1 aromatic heterocycles. The number of carbonyl (C=O) groups is 4. The Kier molecular flexibility index (Phi) is 5.38. The molecule has 4 rings (SSSR count). The molecule has 0 atom stereocenters. The van der Waals surface area contributed by atoms with Crippen LogP contribution in [0.1, 0.15) is 21.7 Å². The molecular formula is C23H15ClN2O6. The summed E-state index contributed by atoms with van der Waals surface area (Å²) in [5.41, 5.74) is 1.37. The van der Waals surface area contributed by atoms with Gasteiger partial charge in [-0.05, 0) is 55.0 Å². The minimum Gasteiger partial charge on any atom is -0.478 e. The first-order valence-electron chi connectivity index (χ1n) is 9.36. The van der Waals surface area contributed by atoms with Gasteiger partial charge in [-0.3, -0.25) is 14.9 Å². The average molecular weight is 451 g/mol. The molecule has 0 radical (unpaired) electrons. The Morgan fingerprint density at radius 3 is 2.56 bits per heavy atom. The number of carboxylic acid groups (broad SMARTS) is 1. The predicted molar refractivity (Wildman–Crippen MR) is 116 cm³/mol. The van der Waals surface area contributed by atoms with Crippen molar-refractivity contribution in [3.63, 3.8) is 0 Å². The molecule has 4 amide bonds. The van der Waals surface area contributed by atoms with E-state index in [0.717, 1.165) is 10.5 Å². The summed E-state index contributed by atoms with van der Waals surface area (Å²) < 4.78 is 5.69. The van der Waals surface area contributed by atoms with E-state index in [1.54, 1.807) is 24.3 Å². The Morgan fingerprint density at radius 2 is 1.88 bits per heavy atom. The highest BCUT2D eigenvalue weighted by molar-refractivity contribution is 6.39. The normalized spacial score (nSPS) is 15.2. The number of benzene rings is 2. The first kappa shape index (κ1) is 21.1. The molecule has 8 nitrogen and oxygen atoms in total. The molecule has 32 heavy (non-hydrogen) atoms. The molecule has 1 saturated heterocycles. The number of hydrogen-bond acceptors (Lipinski definition) is 5. The van der Waals surface area contributed by atoms with Crippen LogP contribution in [0, 0.1) is 6.92 Å². The molecule has 1 aliphatic rings. The summed E-state index contributed by atoms with van der Waals surface area (Å²) >= 11 is 6.00. The molecule has 9 heteroatoms. The Balaban J connectivity index is 1.66. The summed E-state index contributed by atoms with van der Waals surface area (Å²) in [6.07, 6.45) is 1.24. The minimum atomic E-state index is -1.15. The third kappa shape index (κ3) is 3.91. The Morgan fingerprint density at radius 1 is 1.09 bits per heavy atom. The van der Waals surface area contributed by atoms with E-state index in [2.05, 4.69) is 5.32 Å². The smallest absolute Gasteiger partial charge is 0.337 e. The molecule has 0 spiro atoms. The number of nitrogens with one attached hydrogen (secondary N) is 1. The van der Waals surface area contributed by atoms with Crippen LogP contribution in [0.3, 0.4) is 0 Å². The second-order valence-corrected chi connectivity index (χ2v) is 7.41. The molecule has 0 saturated carbocycles. The van der Waals surface area contributed by atoms with E-state index in [1.807, 2.05) is 13.0 Å². The number of urea groups is 1. The van der Waals surface area contributed by atoms with Crippen LogP contribution in [0.4, 0.5) is 10.5 Å². The summed E-state index contributed by atoms with van der Waals surface area (Å²) in [6.45, 7) is 1.82. The minimum absolute atomic E-state index is 0.0421. The molecule has 160 valence electrons. The van der Waals surface area contributed by atoms with Crippen molar-refractivity contribution in [3.05, 3.63) is 82.1 Å². The van der Waals surface area contributed by atoms with Crippen LogP contribution in [-0.2, 0) is 9.59 Å². The topological polar surface area (TPSA) is 117 Å². The van der Waals surface area contributed by atoms with Gasteiger partial charge < -0.3 is 9.52 Å². The highest BCUT2D eigenvalue weighted by Gasteiger charge is 2.37. The van der Waals surface area contributed by atoms with Crippen molar-refractivity contribution in [2.75, 3.05) is 4.90 Å². The Hall–Kier alpha value is -4.17. The number of aryl methyl sites for hydroxylation is 1. The molecule has 0 unspecified atom stereocenters.